The molecule has 1 aromatic rings. The fourth-order valence-corrected chi connectivity index (χ4v) is 4.81. The number of benzene rings is 1. The molecule has 164 valence electrons. The predicted octanol–water partition coefficient (Wildman–Crippen LogP) is 6.02. The molecule has 2 aliphatic carbocycles. The van der Waals surface area contributed by atoms with Gasteiger partial charge in [0.1, 0.15) is 5.54 Å². The van der Waals surface area contributed by atoms with Crippen LogP contribution < -0.4 is 5.32 Å². The van der Waals surface area contributed by atoms with Crippen LogP contribution >= 0.6 is 11.6 Å². The predicted molar refractivity (Wildman–Crippen MR) is 112 cm³/mol. The molecule has 7 heteroatoms. The minimum absolute atomic E-state index is 0.0376. The SMILES string of the molecule is CC1(C(=O)NC2CCCCC2)CC=C(c2cc(C(F)(F)F)ccc2Cl)N1CC1CC1. The van der Waals surface area contributed by atoms with Crippen molar-refractivity contribution in [1.29, 1.82) is 0 Å². The molecule has 0 radical (unpaired) electrons. The van der Waals surface area contributed by atoms with Crippen LogP contribution in [0.3, 0.4) is 0 Å². The third-order valence-corrected chi connectivity index (χ3v) is 7.05. The number of alkyl halides is 3. The Kier molecular flexibility index (Phi) is 5.82. The van der Waals surface area contributed by atoms with E-state index in [9.17, 15) is 18.0 Å². The van der Waals surface area contributed by atoms with E-state index in [-0.39, 0.29) is 17.0 Å². The smallest absolute Gasteiger partial charge is 0.356 e. The lowest BCUT2D eigenvalue weighted by atomic mass is 9.92. The van der Waals surface area contributed by atoms with Crippen LogP contribution in [0.15, 0.2) is 24.3 Å². The van der Waals surface area contributed by atoms with Gasteiger partial charge in [0.05, 0.1) is 5.56 Å². The molecule has 0 saturated heterocycles. The molecule has 0 aromatic heterocycles. The van der Waals surface area contributed by atoms with E-state index in [1.165, 1.54) is 12.5 Å². The summed E-state index contributed by atoms with van der Waals surface area (Å²) in [6.45, 7) is 2.56. The first-order valence-corrected chi connectivity index (χ1v) is 11.2. The van der Waals surface area contributed by atoms with Gasteiger partial charge in [-0.3, -0.25) is 4.79 Å². The Labute approximate surface area is 180 Å². The highest BCUT2D eigenvalue weighted by molar-refractivity contribution is 6.32. The van der Waals surface area contributed by atoms with E-state index >= 15 is 0 Å². The lowest BCUT2D eigenvalue weighted by molar-refractivity contribution is -0.137. The molecular formula is C23H28ClF3N2O. The van der Waals surface area contributed by atoms with Gasteiger partial charge < -0.3 is 10.2 Å². The van der Waals surface area contributed by atoms with Gasteiger partial charge >= 0.3 is 6.18 Å². The van der Waals surface area contributed by atoms with Crippen LogP contribution in [0, 0.1) is 5.92 Å². The maximum absolute atomic E-state index is 13.3. The minimum Gasteiger partial charge on any atom is -0.356 e. The second-order valence-corrected chi connectivity index (χ2v) is 9.53. The number of hydrogen-bond donors (Lipinski definition) is 1. The van der Waals surface area contributed by atoms with E-state index in [0.717, 1.165) is 50.7 Å². The second kappa shape index (κ2) is 8.10. The van der Waals surface area contributed by atoms with Gasteiger partial charge in [-0.05, 0) is 63.1 Å². The molecule has 2 saturated carbocycles. The first kappa shape index (κ1) is 21.5. The van der Waals surface area contributed by atoms with Gasteiger partial charge in [0, 0.05) is 28.9 Å². The van der Waals surface area contributed by atoms with Crippen molar-refractivity contribution in [2.75, 3.05) is 6.54 Å². The van der Waals surface area contributed by atoms with Crippen molar-refractivity contribution in [2.24, 2.45) is 5.92 Å². The molecule has 1 aliphatic heterocycles. The van der Waals surface area contributed by atoms with Crippen LogP contribution in [0.4, 0.5) is 13.2 Å². The average molecular weight is 441 g/mol. The molecular weight excluding hydrogens is 413 g/mol. The Hall–Kier alpha value is -1.69. The Morgan fingerprint density at radius 3 is 2.53 bits per heavy atom. The van der Waals surface area contributed by atoms with Gasteiger partial charge in [0.2, 0.25) is 5.91 Å². The van der Waals surface area contributed by atoms with E-state index in [0.29, 0.717) is 30.1 Å². The molecule has 30 heavy (non-hydrogen) atoms. The van der Waals surface area contributed by atoms with Gasteiger partial charge in [0.15, 0.2) is 0 Å². The number of nitrogens with one attached hydrogen (secondary N) is 1. The average Bonchev–Trinajstić information content (AvgIpc) is 3.46. The minimum atomic E-state index is -4.44. The highest BCUT2D eigenvalue weighted by atomic mass is 35.5. The quantitative estimate of drug-likeness (QED) is 0.606. The lowest BCUT2D eigenvalue weighted by Gasteiger charge is -2.39. The summed E-state index contributed by atoms with van der Waals surface area (Å²) in [4.78, 5) is 15.3. The maximum atomic E-state index is 13.3. The standard InChI is InChI=1S/C23H28ClF3N2O/c1-22(21(30)28-17-5-3-2-4-6-17)12-11-20(29(22)14-15-7-8-15)18-13-16(23(25,26)27)9-10-19(18)24/h9-11,13,15,17H,2-8,12,14H2,1H3,(H,28,30). The summed E-state index contributed by atoms with van der Waals surface area (Å²) in [7, 11) is 0. The number of rotatable bonds is 5. The Morgan fingerprint density at radius 2 is 1.90 bits per heavy atom. The lowest BCUT2D eigenvalue weighted by Crippen LogP contribution is -2.56. The number of nitrogens with zero attached hydrogens (tertiary/aromatic N) is 1. The van der Waals surface area contributed by atoms with Gasteiger partial charge in [0.25, 0.3) is 0 Å². The molecule has 1 N–H and O–H groups in total. The molecule has 3 nitrogen and oxygen atoms in total. The molecule has 1 atom stereocenters. The highest BCUT2D eigenvalue weighted by Gasteiger charge is 2.47. The Bertz CT molecular complexity index is 843. The van der Waals surface area contributed by atoms with Crippen LogP contribution in [0.5, 0.6) is 0 Å². The molecule has 4 rings (SSSR count). The van der Waals surface area contributed by atoms with E-state index in [4.69, 9.17) is 11.6 Å². The maximum Gasteiger partial charge on any atom is 0.416 e. The Balaban J connectivity index is 1.62. The summed E-state index contributed by atoms with van der Waals surface area (Å²) in [6, 6.07) is 3.60. The van der Waals surface area contributed by atoms with Crippen molar-refractivity contribution in [2.45, 2.75) is 76.0 Å². The number of halogens is 4. The van der Waals surface area contributed by atoms with Crippen LogP contribution in [0.25, 0.3) is 5.70 Å². The van der Waals surface area contributed by atoms with Crippen LogP contribution in [-0.4, -0.2) is 28.9 Å². The number of hydrogen-bond acceptors (Lipinski definition) is 2. The van der Waals surface area contributed by atoms with Crippen molar-refractivity contribution in [3.05, 3.63) is 40.4 Å². The van der Waals surface area contributed by atoms with E-state index < -0.39 is 17.3 Å². The molecule has 1 aromatic carbocycles. The van der Waals surface area contributed by atoms with Gasteiger partial charge in [-0.15, -0.1) is 0 Å². The van der Waals surface area contributed by atoms with Crippen LogP contribution in [0.2, 0.25) is 5.02 Å². The Morgan fingerprint density at radius 1 is 1.20 bits per heavy atom. The summed E-state index contributed by atoms with van der Waals surface area (Å²) in [5.74, 6) is 0.433. The molecule has 2 fully saturated rings. The number of carbonyl (C=O) groups is 1. The summed E-state index contributed by atoms with van der Waals surface area (Å²) in [5, 5.41) is 3.49. The molecule has 1 heterocycles. The molecule has 0 spiro atoms. The molecule has 1 unspecified atom stereocenters. The first-order valence-electron chi connectivity index (χ1n) is 10.8. The zero-order valence-corrected chi connectivity index (χ0v) is 18.0. The zero-order valence-electron chi connectivity index (χ0n) is 17.2. The third kappa shape index (κ3) is 4.34. The van der Waals surface area contributed by atoms with Crippen molar-refractivity contribution in [3.8, 4) is 0 Å². The largest absolute Gasteiger partial charge is 0.416 e. The van der Waals surface area contributed by atoms with Crippen molar-refractivity contribution < 1.29 is 18.0 Å². The van der Waals surface area contributed by atoms with Gasteiger partial charge in [-0.1, -0.05) is 36.9 Å². The molecule has 1 amide bonds. The summed E-state index contributed by atoms with van der Waals surface area (Å²) < 4.78 is 39.9. The first-order chi connectivity index (χ1) is 14.2. The van der Waals surface area contributed by atoms with Gasteiger partial charge in [-0.25, -0.2) is 0 Å². The van der Waals surface area contributed by atoms with Crippen LogP contribution in [-0.2, 0) is 11.0 Å². The summed E-state index contributed by atoms with van der Waals surface area (Å²) in [6.07, 6.45) is 5.49. The normalized spacial score (nSPS) is 25.4. The van der Waals surface area contributed by atoms with Crippen LogP contribution in [0.1, 0.15) is 69.4 Å². The van der Waals surface area contributed by atoms with Crippen molar-refractivity contribution >= 4 is 23.2 Å². The summed E-state index contributed by atoms with van der Waals surface area (Å²) in [5.41, 5.74) is -0.553. The fourth-order valence-electron chi connectivity index (χ4n) is 4.60. The molecule has 0 bridgehead atoms. The van der Waals surface area contributed by atoms with E-state index in [1.807, 2.05) is 17.9 Å². The number of carbonyl (C=O) groups excluding carboxylic acids is 1. The zero-order chi connectivity index (χ0) is 21.5. The summed E-state index contributed by atoms with van der Waals surface area (Å²) >= 11 is 6.34. The third-order valence-electron chi connectivity index (χ3n) is 6.72. The topological polar surface area (TPSA) is 32.3 Å². The molecule has 3 aliphatic rings. The van der Waals surface area contributed by atoms with Crippen molar-refractivity contribution in [3.63, 3.8) is 0 Å². The van der Waals surface area contributed by atoms with Gasteiger partial charge in [-0.2, -0.15) is 13.2 Å². The van der Waals surface area contributed by atoms with E-state index in [1.54, 1.807) is 0 Å². The fraction of sp³-hybridized carbons (Fsp3) is 0.609. The highest BCUT2D eigenvalue weighted by Crippen LogP contribution is 2.44. The monoisotopic (exact) mass is 440 g/mol. The van der Waals surface area contributed by atoms with E-state index in [2.05, 4.69) is 5.32 Å². The van der Waals surface area contributed by atoms with Crippen molar-refractivity contribution in [1.82, 2.24) is 10.2 Å². The second-order valence-electron chi connectivity index (χ2n) is 9.12. The number of amides is 1.